The quantitative estimate of drug-likeness (QED) is 0.351. The predicted molar refractivity (Wildman–Crippen MR) is 24.9 cm³/mol. The average molecular weight is 121 g/mol. The summed E-state index contributed by atoms with van der Waals surface area (Å²) in [5.41, 5.74) is 0. The summed E-state index contributed by atoms with van der Waals surface area (Å²) < 4.78 is 0. The topological polar surface area (TPSA) is 80.9 Å². The molecule has 0 saturated carbocycles. The Morgan fingerprint density at radius 1 is 1.38 bits per heavy atom. The molecule has 0 unspecified atom stereocenters. The Labute approximate surface area is 47.0 Å². The highest BCUT2D eigenvalue weighted by Crippen LogP contribution is 2.08. The van der Waals surface area contributed by atoms with Crippen molar-refractivity contribution in [1.82, 2.24) is 0 Å². The molecule has 0 atom stereocenters. The third kappa shape index (κ3) is 5.84. The van der Waals surface area contributed by atoms with Crippen LogP contribution < -0.4 is 0 Å². The first-order valence-electron chi connectivity index (χ1n) is 2.10. The van der Waals surface area contributed by atoms with Gasteiger partial charge < -0.3 is 20.4 Å². The van der Waals surface area contributed by atoms with Crippen LogP contribution in [0.1, 0.15) is 13.3 Å². The Kier molecular flexibility index (Phi) is 2.36. The fourth-order valence-electron chi connectivity index (χ4n) is 0.343. The molecule has 0 aromatic heterocycles. The molecule has 8 heavy (non-hydrogen) atoms. The number of rotatable bonds is 2. The van der Waals surface area contributed by atoms with Crippen LogP contribution in [0.4, 0.5) is 0 Å². The summed E-state index contributed by atoms with van der Waals surface area (Å²) in [4.78, 5) is 0. The first kappa shape index (κ1) is 7.84. The molecule has 0 saturated heterocycles. The Balaban J connectivity index is 3.39. The molecule has 0 spiro atoms. The van der Waals surface area contributed by atoms with Gasteiger partial charge in [-0.3, -0.25) is 0 Å². The van der Waals surface area contributed by atoms with Gasteiger partial charge in [0.1, 0.15) is 0 Å². The van der Waals surface area contributed by atoms with Gasteiger partial charge in [-0.05, 0) is 6.92 Å². The van der Waals surface area contributed by atoms with Crippen molar-refractivity contribution in [3.63, 3.8) is 0 Å². The first-order chi connectivity index (χ1) is 3.42. The minimum Gasteiger partial charge on any atom is -0.387 e. The summed E-state index contributed by atoms with van der Waals surface area (Å²) in [6, 6.07) is 0. The zero-order valence-electron chi connectivity index (χ0n) is 4.50. The monoisotopic (exact) mass is 121 g/mol. The van der Waals surface area contributed by atoms with E-state index in [2.05, 4.69) is 0 Å². The van der Waals surface area contributed by atoms with Crippen molar-refractivity contribution >= 4 is 0 Å². The van der Waals surface area contributed by atoms with E-state index in [0.717, 1.165) is 0 Å². The van der Waals surface area contributed by atoms with Crippen LogP contribution in [-0.4, -0.2) is 26.4 Å². The van der Waals surface area contributed by atoms with Gasteiger partial charge in [-0.2, -0.15) is 0 Å². The van der Waals surface area contributed by atoms with Crippen molar-refractivity contribution in [2.45, 2.75) is 19.3 Å². The van der Waals surface area contributed by atoms with Gasteiger partial charge >= 0.3 is 0 Å². The smallest absolute Gasteiger partial charge is 0.278 e. The Hall–Kier alpha value is -0.160. The lowest BCUT2D eigenvalue weighted by molar-refractivity contribution is -0.315. The molecule has 4 N–H and O–H groups in total. The highest BCUT2D eigenvalue weighted by molar-refractivity contribution is 4.70. The fraction of sp³-hybridized carbons (Fsp3) is 0.750. The maximum absolute atomic E-state index is 8.32. The van der Waals surface area contributed by atoms with Crippen LogP contribution in [0.25, 0.3) is 0 Å². The van der Waals surface area contributed by atoms with Crippen LogP contribution in [-0.2, 0) is 0 Å². The van der Waals surface area contributed by atoms with Gasteiger partial charge in [0, 0.05) is 0 Å². The van der Waals surface area contributed by atoms with Crippen molar-refractivity contribution in [1.29, 1.82) is 0 Å². The van der Waals surface area contributed by atoms with E-state index in [-0.39, 0.29) is 6.10 Å². The van der Waals surface area contributed by atoms with Gasteiger partial charge in [0.2, 0.25) is 0 Å². The number of hydrogen-bond acceptors (Lipinski definition) is 4. The summed E-state index contributed by atoms with van der Waals surface area (Å²) in [6.45, 7) is 1.26. The largest absolute Gasteiger partial charge is 0.387 e. The molecule has 0 aromatic rings. The zero-order valence-corrected chi connectivity index (χ0v) is 4.50. The van der Waals surface area contributed by atoms with Gasteiger partial charge in [0.05, 0.1) is 12.5 Å². The highest BCUT2D eigenvalue weighted by atomic mass is 16.7. The SMILES string of the molecule is C[C](O)CC(O)(O)O. The number of hydrogen-bond donors (Lipinski definition) is 4. The van der Waals surface area contributed by atoms with Gasteiger partial charge in [-0.1, -0.05) is 0 Å². The summed E-state index contributed by atoms with van der Waals surface area (Å²) in [7, 11) is 0. The van der Waals surface area contributed by atoms with Crippen molar-refractivity contribution in [2.75, 3.05) is 0 Å². The van der Waals surface area contributed by atoms with Crippen molar-refractivity contribution in [3.8, 4) is 0 Å². The van der Waals surface area contributed by atoms with E-state index in [1.807, 2.05) is 0 Å². The van der Waals surface area contributed by atoms with Crippen molar-refractivity contribution in [3.05, 3.63) is 6.10 Å². The lowest BCUT2D eigenvalue weighted by Gasteiger charge is -2.13. The molecule has 0 aliphatic heterocycles. The van der Waals surface area contributed by atoms with Crippen LogP contribution in [0.3, 0.4) is 0 Å². The molecule has 4 heteroatoms. The molecule has 0 heterocycles. The second kappa shape index (κ2) is 2.41. The van der Waals surface area contributed by atoms with Gasteiger partial charge in [0.15, 0.2) is 0 Å². The van der Waals surface area contributed by atoms with Crippen LogP contribution in [0.2, 0.25) is 0 Å². The minimum absolute atomic E-state index is 0.225. The maximum atomic E-state index is 8.32. The lowest BCUT2D eigenvalue weighted by atomic mass is 10.2. The second-order valence-electron chi connectivity index (χ2n) is 1.69. The number of aliphatic hydroxyl groups excluding tert-OH is 1. The van der Waals surface area contributed by atoms with Crippen molar-refractivity contribution < 1.29 is 20.4 Å². The third-order valence-electron chi connectivity index (χ3n) is 0.493. The zero-order chi connectivity index (χ0) is 6.78. The Morgan fingerprint density at radius 2 is 1.75 bits per heavy atom. The lowest BCUT2D eigenvalue weighted by Crippen LogP contribution is -2.28. The molecular formula is C4H9O4. The van der Waals surface area contributed by atoms with Gasteiger partial charge in [-0.25, -0.2) is 0 Å². The molecule has 0 bridgehead atoms. The van der Waals surface area contributed by atoms with E-state index >= 15 is 0 Å². The Morgan fingerprint density at radius 3 is 1.75 bits per heavy atom. The van der Waals surface area contributed by atoms with E-state index in [1.54, 1.807) is 0 Å². The average Bonchev–Trinajstić information content (AvgIpc) is 1.21. The van der Waals surface area contributed by atoms with E-state index < -0.39 is 12.4 Å². The summed E-state index contributed by atoms with van der Waals surface area (Å²) in [5, 5.41) is 32.7. The second-order valence-corrected chi connectivity index (χ2v) is 1.69. The van der Waals surface area contributed by atoms with Gasteiger partial charge in [-0.15, -0.1) is 0 Å². The molecule has 0 rings (SSSR count). The molecule has 49 valence electrons. The summed E-state index contributed by atoms with van der Waals surface area (Å²) >= 11 is 0. The molecule has 0 fully saturated rings. The van der Waals surface area contributed by atoms with Gasteiger partial charge in [0.25, 0.3) is 5.97 Å². The fourth-order valence-corrected chi connectivity index (χ4v) is 0.343. The Bertz CT molecular complexity index is 62.9. The normalized spacial score (nSPS) is 12.8. The van der Waals surface area contributed by atoms with Crippen molar-refractivity contribution in [2.24, 2.45) is 0 Å². The van der Waals surface area contributed by atoms with E-state index in [4.69, 9.17) is 20.4 Å². The maximum Gasteiger partial charge on any atom is 0.278 e. The molecule has 0 aromatic carbocycles. The molecule has 0 aliphatic carbocycles. The molecule has 0 aliphatic rings. The van der Waals surface area contributed by atoms with E-state index in [1.165, 1.54) is 6.92 Å². The predicted octanol–water partition coefficient (Wildman–Crippen LogP) is -1.07. The van der Waals surface area contributed by atoms with Crippen LogP contribution in [0.15, 0.2) is 0 Å². The summed E-state index contributed by atoms with van der Waals surface area (Å²) in [6.07, 6.45) is -0.759. The molecular weight excluding hydrogens is 112 g/mol. The van der Waals surface area contributed by atoms with E-state index in [9.17, 15) is 0 Å². The first-order valence-corrected chi connectivity index (χ1v) is 2.10. The third-order valence-corrected chi connectivity index (χ3v) is 0.493. The highest BCUT2D eigenvalue weighted by Gasteiger charge is 2.20. The molecule has 1 radical (unpaired) electrons. The number of aliphatic hydroxyl groups is 4. The van der Waals surface area contributed by atoms with Crippen LogP contribution in [0, 0.1) is 6.10 Å². The van der Waals surface area contributed by atoms with Crippen LogP contribution in [0.5, 0.6) is 0 Å². The summed E-state index contributed by atoms with van der Waals surface area (Å²) in [5.74, 6) is -2.77. The van der Waals surface area contributed by atoms with E-state index in [0.29, 0.717) is 0 Å². The minimum atomic E-state index is -2.77. The molecule has 4 nitrogen and oxygen atoms in total. The standard InChI is InChI=1S/C4H9O4/c1-3(5)2-4(6,7)8/h5-8H,2H2,1H3. The van der Waals surface area contributed by atoms with Crippen LogP contribution >= 0.6 is 0 Å². The molecule has 0 amide bonds.